The van der Waals surface area contributed by atoms with Crippen molar-refractivity contribution in [2.24, 2.45) is 0 Å². The van der Waals surface area contributed by atoms with Crippen LogP contribution in [0.15, 0.2) is 60.7 Å². The third-order valence-corrected chi connectivity index (χ3v) is 4.47. The van der Waals surface area contributed by atoms with Crippen LogP contribution < -0.4 is 14.7 Å². The lowest BCUT2D eigenvalue weighted by Crippen LogP contribution is -2.13. The van der Waals surface area contributed by atoms with E-state index in [1.54, 1.807) is 0 Å². The lowest BCUT2D eigenvalue weighted by atomic mass is 10.0. The fraction of sp³-hybridized carbons (Fsp3) is 0.304. The van der Waals surface area contributed by atoms with E-state index in [0.717, 1.165) is 0 Å². The Morgan fingerprint density at radius 3 is 1.46 bits per heavy atom. The maximum Gasteiger partial charge on any atom is 0.0489 e. The lowest BCUT2D eigenvalue weighted by molar-refractivity contribution is 1.13. The van der Waals surface area contributed by atoms with Crippen LogP contribution in [0.4, 0.5) is 22.7 Å². The van der Waals surface area contributed by atoms with Gasteiger partial charge in [-0.15, -0.1) is 0 Å². The number of hydrogen-bond donors (Lipinski definition) is 0. The van der Waals surface area contributed by atoms with Crippen molar-refractivity contribution in [3.8, 4) is 0 Å². The van der Waals surface area contributed by atoms with E-state index in [0.29, 0.717) is 0 Å². The van der Waals surface area contributed by atoms with E-state index in [1.807, 2.05) is 13.8 Å². The van der Waals surface area contributed by atoms with Gasteiger partial charge in [0, 0.05) is 68.8 Å². The summed E-state index contributed by atoms with van der Waals surface area (Å²) in [6.07, 6.45) is 0. The Labute approximate surface area is 158 Å². The van der Waals surface area contributed by atoms with Crippen molar-refractivity contribution in [3.63, 3.8) is 0 Å². The predicted molar refractivity (Wildman–Crippen MR) is 118 cm³/mol. The molecule has 0 aliphatic rings. The Bertz CT molecular complexity index is 836. The Morgan fingerprint density at radius 1 is 0.500 bits per heavy atom. The van der Waals surface area contributed by atoms with Gasteiger partial charge >= 0.3 is 0 Å². The second kappa shape index (κ2) is 8.61. The summed E-state index contributed by atoms with van der Waals surface area (Å²) in [5, 5.41) is 2.54. The van der Waals surface area contributed by atoms with Crippen LogP contribution in [0.5, 0.6) is 0 Å². The van der Waals surface area contributed by atoms with E-state index in [-0.39, 0.29) is 0 Å². The van der Waals surface area contributed by atoms with Gasteiger partial charge in [0.1, 0.15) is 0 Å². The largest absolute Gasteiger partial charge is 0.378 e. The van der Waals surface area contributed by atoms with Gasteiger partial charge in [0.15, 0.2) is 0 Å². The SMILES string of the molecule is CC.CN(C)c1ccc(N(C)c2ccc(N(C)C)c3ccccc23)cc1. The van der Waals surface area contributed by atoms with Gasteiger partial charge < -0.3 is 14.7 Å². The molecule has 3 aromatic rings. The van der Waals surface area contributed by atoms with E-state index < -0.39 is 0 Å². The molecule has 0 bridgehead atoms. The third kappa shape index (κ3) is 3.93. The number of hydrogen-bond acceptors (Lipinski definition) is 3. The molecule has 0 fully saturated rings. The minimum Gasteiger partial charge on any atom is -0.378 e. The summed E-state index contributed by atoms with van der Waals surface area (Å²) >= 11 is 0. The first-order valence-electron chi connectivity index (χ1n) is 9.19. The van der Waals surface area contributed by atoms with Gasteiger partial charge in [0.05, 0.1) is 0 Å². The Morgan fingerprint density at radius 2 is 0.962 bits per heavy atom. The maximum atomic E-state index is 2.25. The topological polar surface area (TPSA) is 9.72 Å². The molecule has 0 atom stereocenters. The van der Waals surface area contributed by atoms with E-state index >= 15 is 0 Å². The number of anilines is 4. The molecule has 138 valence electrons. The van der Waals surface area contributed by atoms with Crippen molar-refractivity contribution in [2.75, 3.05) is 49.9 Å². The summed E-state index contributed by atoms with van der Waals surface area (Å²) in [5.41, 5.74) is 4.85. The van der Waals surface area contributed by atoms with Crippen LogP contribution in [0.3, 0.4) is 0 Å². The number of benzene rings is 3. The molecule has 0 unspecified atom stereocenters. The number of fused-ring (bicyclic) bond motifs is 1. The van der Waals surface area contributed by atoms with Crippen LogP contribution in [0.25, 0.3) is 10.8 Å². The molecule has 0 amide bonds. The molecule has 0 radical (unpaired) electrons. The van der Waals surface area contributed by atoms with E-state index in [9.17, 15) is 0 Å². The van der Waals surface area contributed by atoms with Crippen LogP contribution >= 0.6 is 0 Å². The van der Waals surface area contributed by atoms with Crippen LogP contribution in [-0.4, -0.2) is 35.2 Å². The third-order valence-electron chi connectivity index (χ3n) is 4.47. The second-order valence-electron chi connectivity index (χ2n) is 6.51. The van der Waals surface area contributed by atoms with Gasteiger partial charge in [-0.05, 0) is 36.4 Å². The highest BCUT2D eigenvalue weighted by Gasteiger charge is 2.11. The molecule has 0 heterocycles. The van der Waals surface area contributed by atoms with Gasteiger partial charge in [0.2, 0.25) is 0 Å². The molecule has 3 nitrogen and oxygen atoms in total. The summed E-state index contributed by atoms with van der Waals surface area (Å²) in [6.45, 7) is 4.00. The van der Waals surface area contributed by atoms with Crippen LogP contribution in [0.2, 0.25) is 0 Å². The smallest absolute Gasteiger partial charge is 0.0489 e. The average molecular weight is 350 g/mol. The fourth-order valence-corrected chi connectivity index (χ4v) is 3.06. The van der Waals surface area contributed by atoms with E-state index in [1.165, 1.54) is 33.5 Å². The molecule has 0 saturated heterocycles. The van der Waals surface area contributed by atoms with Crippen LogP contribution in [0.1, 0.15) is 13.8 Å². The predicted octanol–water partition coefficient (Wildman–Crippen LogP) is 5.77. The quantitative estimate of drug-likeness (QED) is 0.592. The summed E-state index contributed by atoms with van der Waals surface area (Å²) in [4.78, 5) is 6.53. The Hall–Kier alpha value is -2.68. The molecular formula is C23H31N3. The highest BCUT2D eigenvalue weighted by Crippen LogP contribution is 2.36. The normalized spacial score (nSPS) is 10.1. The van der Waals surface area contributed by atoms with Crippen molar-refractivity contribution in [1.82, 2.24) is 0 Å². The van der Waals surface area contributed by atoms with Gasteiger partial charge in [-0.3, -0.25) is 0 Å². The van der Waals surface area contributed by atoms with Crippen LogP contribution in [-0.2, 0) is 0 Å². The van der Waals surface area contributed by atoms with Crippen molar-refractivity contribution in [2.45, 2.75) is 13.8 Å². The lowest BCUT2D eigenvalue weighted by Gasteiger charge is -2.24. The fourth-order valence-electron chi connectivity index (χ4n) is 3.06. The van der Waals surface area contributed by atoms with Crippen molar-refractivity contribution < 1.29 is 0 Å². The first-order valence-corrected chi connectivity index (χ1v) is 9.19. The van der Waals surface area contributed by atoms with E-state index in [4.69, 9.17) is 0 Å². The zero-order valence-corrected chi connectivity index (χ0v) is 17.1. The molecule has 0 N–H and O–H groups in total. The summed E-state index contributed by atoms with van der Waals surface area (Å²) in [5.74, 6) is 0. The van der Waals surface area contributed by atoms with Crippen molar-refractivity contribution >= 4 is 33.5 Å². The zero-order chi connectivity index (χ0) is 19.3. The van der Waals surface area contributed by atoms with Gasteiger partial charge in [0.25, 0.3) is 0 Å². The Kier molecular flexibility index (Phi) is 6.51. The molecule has 0 spiro atoms. The summed E-state index contributed by atoms with van der Waals surface area (Å²) in [7, 11) is 10.4. The van der Waals surface area contributed by atoms with Gasteiger partial charge in [-0.25, -0.2) is 0 Å². The monoisotopic (exact) mass is 349 g/mol. The highest BCUT2D eigenvalue weighted by molar-refractivity contribution is 6.03. The molecule has 0 saturated carbocycles. The minimum absolute atomic E-state index is 1.18. The first kappa shape index (κ1) is 19.6. The maximum absolute atomic E-state index is 2.25. The molecule has 26 heavy (non-hydrogen) atoms. The molecule has 0 aliphatic carbocycles. The summed E-state index contributed by atoms with van der Waals surface area (Å²) < 4.78 is 0. The van der Waals surface area contributed by atoms with Crippen molar-refractivity contribution in [1.29, 1.82) is 0 Å². The number of nitrogens with zero attached hydrogens (tertiary/aromatic N) is 3. The standard InChI is InChI=1S/C21H25N3.C2H6/c1-22(2)16-10-12-17(13-11-16)24(5)21-15-14-20(23(3)4)18-8-6-7-9-19(18)21;1-2/h6-15H,1-5H3;1-2H3. The summed E-state index contributed by atoms with van der Waals surface area (Å²) in [6, 6.07) is 21.6. The molecule has 3 rings (SSSR count). The van der Waals surface area contributed by atoms with Crippen LogP contribution in [0, 0.1) is 0 Å². The molecule has 0 aliphatic heterocycles. The minimum atomic E-state index is 1.18. The molecule has 3 aromatic carbocycles. The Balaban J connectivity index is 0.00000117. The van der Waals surface area contributed by atoms with Gasteiger partial charge in [-0.2, -0.15) is 0 Å². The highest BCUT2D eigenvalue weighted by atomic mass is 15.1. The second-order valence-corrected chi connectivity index (χ2v) is 6.51. The van der Waals surface area contributed by atoms with E-state index in [2.05, 4.69) is 111 Å². The molecular weight excluding hydrogens is 318 g/mol. The molecule has 3 heteroatoms. The van der Waals surface area contributed by atoms with Gasteiger partial charge in [-0.1, -0.05) is 38.1 Å². The zero-order valence-electron chi connectivity index (χ0n) is 17.1. The first-order chi connectivity index (χ1) is 12.5. The van der Waals surface area contributed by atoms with Crippen molar-refractivity contribution in [3.05, 3.63) is 60.7 Å². The number of rotatable bonds is 4. The molecule has 0 aromatic heterocycles. The average Bonchev–Trinajstić information content (AvgIpc) is 2.68.